The van der Waals surface area contributed by atoms with Crippen LogP contribution in [0.2, 0.25) is 0 Å². The molecule has 2 aliphatic rings. The maximum atomic E-state index is 12.5. The van der Waals surface area contributed by atoms with E-state index >= 15 is 0 Å². The van der Waals surface area contributed by atoms with E-state index < -0.39 is 0 Å². The third-order valence-electron chi connectivity index (χ3n) is 5.27. The van der Waals surface area contributed by atoms with E-state index in [1.165, 1.54) is 12.8 Å². The second kappa shape index (κ2) is 7.06. The molecule has 0 aromatic carbocycles. The van der Waals surface area contributed by atoms with Gasteiger partial charge in [-0.2, -0.15) is 0 Å². The summed E-state index contributed by atoms with van der Waals surface area (Å²) in [7, 11) is 0. The van der Waals surface area contributed by atoms with Crippen LogP contribution in [0.15, 0.2) is 12.1 Å². The van der Waals surface area contributed by atoms with Crippen LogP contribution in [0.1, 0.15) is 59.1 Å². The smallest absolute Gasteiger partial charge is 0.319 e. The highest BCUT2D eigenvalue weighted by Crippen LogP contribution is 2.28. The van der Waals surface area contributed by atoms with Gasteiger partial charge in [0.15, 0.2) is 0 Å². The topological polar surface area (TPSA) is 69.3 Å². The fourth-order valence-corrected chi connectivity index (χ4v) is 4.57. The van der Waals surface area contributed by atoms with E-state index in [1.54, 1.807) is 0 Å². The Morgan fingerprint density at radius 2 is 1.77 bits per heavy atom. The van der Waals surface area contributed by atoms with Gasteiger partial charge in [0.25, 0.3) is 0 Å². The predicted octanol–water partition coefficient (Wildman–Crippen LogP) is 3.42. The highest BCUT2D eigenvalue weighted by molar-refractivity contribution is 5.90. The predicted molar refractivity (Wildman–Crippen MR) is 107 cm³/mol. The maximum Gasteiger partial charge on any atom is 0.319 e. The van der Waals surface area contributed by atoms with Gasteiger partial charge in [-0.15, -0.1) is 0 Å². The Balaban J connectivity index is 1.61. The molecule has 0 bridgehead atoms. The van der Waals surface area contributed by atoms with Gasteiger partial charge in [-0.1, -0.05) is 0 Å². The normalized spacial score (nSPS) is 22.3. The second-order valence-electron chi connectivity index (χ2n) is 9.09. The van der Waals surface area contributed by atoms with Crippen molar-refractivity contribution < 1.29 is 4.79 Å². The molecule has 0 spiro atoms. The first-order chi connectivity index (χ1) is 12.1. The molecule has 3 rings (SSSR count). The average molecular weight is 360 g/mol. The molecule has 3 heterocycles. The van der Waals surface area contributed by atoms with Gasteiger partial charge < -0.3 is 20.9 Å². The molecule has 6 nitrogen and oxygen atoms in total. The highest BCUT2D eigenvalue weighted by atomic mass is 16.2. The minimum atomic E-state index is -0.151. The molecule has 26 heavy (non-hydrogen) atoms. The second-order valence-corrected chi connectivity index (χ2v) is 9.09. The number of hydrogen-bond donors (Lipinski definition) is 3. The Kier molecular flexibility index (Phi) is 5.15. The molecule has 0 aliphatic carbocycles. The van der Waals surface area contributed by atoms with Crippen LogP contribution in [0.5, 0.6) is 0 Å². The van der Waals surface area contributed by atoms with Crippen molar-refractivity contribution in [1.82, 2.24) is 15.6 Å². The highest BCUT2D eigenvalue weighted by Gasteiger charge is 2.38. The summed E-state index contributed by atoms with van der Waals surface area (Å²) in [5.74, 6) is 1.01. The summed E-state index contributed by atoms with van der Waals surface area (Å²) >= 11 is 0. The molecule has 144 valence electrons. The van der Waals surface area contributed by atoms with E-state index in [1.807, 2.05) is 19.1 Å². The molecule has 0 atom stereocenters. The van der Waals surface area contributed by atoms with Gasteiger partial charge in [-0.3, -0.25) is 0 Å². The number of hydrogen-bond acceptors (Lipinski definition) is 4. The zero-order valence-corrected chi connectivity index (χ0v) is 16.8. The van der Waals surface area contributed by atoms with E-state index in [9.17, 15) is 4.79 Å². The van der Waals surface area contributed by atoms with E-state index in [2.05, 4.69) is 53.5 Å². The molecule has 2 aliphatic heterocycles. The number of aryl methyl sites for hydroxylation is 1. The van der Waals surface area contributed by atoms with Crippen molar-refractivity contribution in [2.24, 2.45) is 0 Å². The van der Waals surface area contributed by atoms with Gasteiger partial charge in [-0.05, 0) is 72.4 Å². The largest absolute Gasteiger partial charge is 0.357 e. The molecule has 0 radical (unpaired) electrons. The lowest BCUT2D eigenvalue weighted by atomic mass is 9.80. The van der Waals surface area contributed by atoms with E-state index in [-0.39, 0.29) is 23.2 Å². The minimum Gasteiger partial charge on any atom is -0.357 e. The van der Waals surface area contributed by atoms with Crippen LogP contribution >= 0.6 is 0 Å². The zero-order chi connectivity index (χ0) is 18.9. The number of piperidine rings is 1. The van der Waals surface area contributed by atoms with Crippen molar-refractivity contribution in [3.05, 3.63) is 17.8 Å². The summed E-state index contributed by atoms with van der Waals surface area (Å²) < 4.78 is 0. The summed E-state index contributed by atoms with van der Waals surface area (Å²) in [6.45, 7) is 12.8. The first-order valence-corrected chi connectivity index (χ1v) is 9.73. The molecule has 0 unspecified atom stereocenters. The molecule has 1 aromatic rings. The SMILES string of the molecule is Cc1nc(N2CCCC2)ccc1NC(=O)NC1CC(C)(C)NC(C)(C)C1. The van der Waals surface area contributed by atoms with Gasteiger partial charge in [0, 0.05) is 30.2 Å². The first kappa shape index (κ1) is 19.0. The standard InChI is InChI=1S/C20H33N5O/c1-14-16(8-9-17(21-14)25-10-6-7-11-25)23-18(26)22-15-12-19(2,3)24-20(4,5)13-15/h8-9,15,24H,6-7,10-13H2,1-5H3,(H2,22,23,26). The van der Waals surface area contributed by atoms with Gasteiger partial charge in [-0.25, -0.2) is 9.78 Å². The molecule has 2 fully saturated rings. The van der Waals surface area contributed by atoms with Crippen molar-refractivity contribution in [3.63, 3.8) is 0 Å². The van der Waals surface area contributed by atoms with Crippen LogP contribution in [0.3, 0.4) is 0 Å². The Morgan fingerprint density at radius 3 is 2.35 bits per heavy atom. The lowest BCUT2D eigenvalue weighted by Crippen LogP contribution is -2.62. The minimum absolute atomic E-state index is 0.00848. The van der Waals surface area contributed by atoms with Crippen LogP contribution < -0.4 is 20.9 Å². The van der Waals surface area contributed by atoms with Crippen molar-refractivity contribution in [2.75, 3.05) is 23.3 Å². The molecular formula is C20H33N5O. The molecule has 0 saturated carbocycles. The third-order valence-corrected chi connectivity index (χ3v) is 5.27. The molecule has 1 aromatic heterocycles. The summed E-state index contributed by atoms with van der Waals surface area (Å²) in [5.41, 5.74) is 1.65. The van der Waals surface area contributed by atoms with Gasteiger partial charge >= 0.3 is 6.03 Å². The van der Waals surface area contributed by atoms with Gasteiger partial charge in [0.1, 0.15) is 5.82 Å². The summed E-state index contributed by atoms with van der Waals surface area (Å²) in [5, 5.41) is 9.77. The molecule has 6 heteroatoms. The van der Waals surface area contributed by atoms with Crippen LogP contribution in [-0.4, -0.2) is 41.2 Å². The Bertz CT molecular complexity index is 648. The maximum absolute atomic E-state index is 12.5. The molecule has 2 saturated heterocycles. The van der Waals surface area contributed by atoms with E-state index in [4.69, 9.17) is 0 Å². The number of rotatable bonds is 3. The molecule has 3 N–H and O–H groups in total. The Morgan fingerprint density at radius 1 is 1.15 bits per heavy atom. The summed E-state index contributed by atoms with van der Waals surface area (Å²) in [4.78, 5) is 19.5. The molecule has 2 amide bonds. The van der Waals surface area contributed by atoms with Crippen LogP contribution in [0.4, 0.5) is 16.3 Å². The van der Waals surface area contributed by atoms with Crippen molar-refractivity contribution in [2.45, 2.75) is 77.4 Å². The van der Waals surface area contributed by atoms with E-state index in [0.29, 0.717) is 0 Å². The molecular weight excluding hydrogens is 326 g/mol. The van der Waals surface area contributed by atoms with E-state index in [0.717, 1.165) is 43.1 Å². The number of nitrogens with one attached hydrogen (secondary N) is 3. The Hall–Kier alpha value is -1.82. The lowest BCUT2D eigenvalue weighted by Gasteiger charge is -2.46. The van der Waals surface area contributed by atoms with Crippen molar-refractivity contribution >= 4 is 17.5 Å². The number of amides is 2. The van der Waals surface area contributed by atoms with Crippen molar-refractivity contribution in [1.29, 1.82) is 0 Å². The number of pyridine rings is 1. The fraction of sp³-hybridized carbons (Fsp3) is 0.700. The third kappa shape index (κ3) is 4.67. The summed E-state index contributed by atoms with van der Waals surface area (Å²) in [6.07, 6.45) is 4.28. The van der Waals surface area contributed by atoms with Gasteiger partial charge in [0.2, 0.25) is 0 Å². The number of urea groups is 1. The quantitative estimate of drug-likeness (QED) is 0.773. The first-order valence-electron chi connectivity index (χ1n) is 9.73. The number of carbonyl (C=O) groups is 1. The number of carbonyl (C=O) groups excluding carboxylic acids is 1. The van der Waals surface area contributed by atoms with Crippen LogP contribution in [0.25, 0.3) is 0 Å². The average Bonchev–Trinajstić information content (AvgIpc) is 3.00. The Labute approximate surface area is 157 Å². The summed E-state index contributed by atoms with van der Waals surface area (Å²) in [6, 6.07) is 3.97. The zero-order valence-electron chi connectivity index (χ0n) is 16.8. The van der Waals surface area contributed by atoms with Crippen molar-refractivity contribution in [3.8, 4) is 0 Å². The van der Waals surface area contributed by atoms with Gasteiger partial charge in [0.05, 0.1) is 11.4 Å². The van der Waals surface area contributed by atoms with Crippen LogP contribution in [0, 0.1) is 6.92 Å². The lowest BCUT2D eigenvalue weighted by molar-refractivity contribution is 0.149. The monoisotopic (exact) mass is 359 g/mol. The fourth-order valence-electron chi connectivity index (χ4n) is 4.57. The number of nitrogens with zero attached hydrogens (tertiary/aromatic N) is 2. The van der Waals surface area contributed by atoms with Crippen LogP contribution in [-0.2, 0) is 0 Å². The number of aromatic nitrogens is 1. The number of anilines is 2.